The first-order chi connectivity index (χ1) is 11.5. The first kappa shape index (κ1) is 16.3. The standard InChI is InChI=1S/C18H19ClN4O/c1-11(2)16(17-21-14-8-3-4-9-15(14)22-17)23-18(24)20-13-7-5-6-12(19)10-13/h3-11,16H,1-2H3,(H,21,22)(H2,20,23,24)/t16-/m0/s1. The van der Waals surface area contributed by atoms with Gasteiger partial charge in [0.05, 0.1) is 17.1 Å². The molecule has 3 rings (SSSR count). The molecule has 2 aromatic carbocycles. The number of fused-ring (bicyclic) bond motifs is 1. The monoisotopic (exact) mass is 342 g/mol. The van der Waals surface area contributed by atoms with Gasteiger partial charge < -0.3 is 15.6 Å². The molecule has 0 saturated carbocycles. The maximum atomic E-state index is 12.3. The van der Waals surface area contributed by atoms with Crippen molar-refractivity contribution >= 4 is 34.4 Å². The molecule has 0 saturated heterocycles. The third-order valence-electron chi connectivity index (χ3n) is 3.74. The number of amides is 2. The highest BCUT2D eigenvalue weighted by Gasteiger charge is 2.21. The summed E-state index contributed by atoms with van der Waals surface area (Å²) in [5.41, 5.74) is 2.48. The first-order valence-corrected chi connectivity index (χ1v) is 8.18. The summed E-state index contributed by atoms with van der Waals surface area (Å²) in [6.45, 7) is 4.08. The number of imidazole rings is 1. The average molecular weight is 343 g/mol. The second kappa shape index (κ2) is 6.93. The van der Waals surface area contributed by atoms with Crippen molar-refractivity contribution < 1.29 is 4.79 Å². The Bertz CT molecular complexity index is 826. The number of carbonyl (C=O) groups is 1. The van der Waals surface area contributed by atoms with Crippen molar-refractivity contribution in [1.82, 2.24) is 15.3 Å². The van der Waals surface area contributed by atoms with Crippen LogP contribution in [0.3, 0.4) is 0 Å². The lowest BCUT2D eigenvalue weighted by Crippen LogP contribution is -2.35. The Labute approximate surface area is 145 Å². The minimum Gasteiger partial charge on any atom is -0.340 e. The maximum absolute atomic E-state index is 12.3. The lowest BCUT2D eigenvalue weighted by molar-refractivity contribution is 0.244. The molecule has 124 valence electrons. The molecule has 0 aliphatic heterocycles. The minimum atomic E-state index is -0.295. The van der Waals surface area contributed by atoms with Gasteiger partial charge in [-0.15, -0.1) is 0 Å². The minimum absolute atomic E-state index is 0.177. The Morgan fingerprint density at radius 3 is 2.67 bits per heavy atom. The number of benzene rings is 2. The van der Waals surface area contributed by atoms with Gasteiger partial charge in [0.1, 0.15) is 5.82 Å². The number of hydrogen-bond donors (Lipinski definition) is 3. The number of nitrogens with zero attached hydrogens (tertiary/aromatic N) is 1. The van der Waals surface area contributed by atoms with Gasteiger partial charge in [-0.05, 0) is 36.2 Å². The quantitative estimate of drug-likeness (QED) is 0.641. The number of rotatable bonds is 4. The van der Waals surface area contributed by atoms with Crippen LogP contribution in [-0.2, 0) is 0 Å². The summed E-state index contributed by atoms with van der Waals surface area (Å²) in [6.07, 6.45) is 0. The normalized spacial score (nSPS) is 12.3. The van der Waals surface area contributed by atoms with Crippen LogP contribution in [-0.4, -0.2) is 16.0 Å². The Balaban J connectivity index is 1.77. The average Bonchev–Trinajstić information content (AvgIpc) is 2.96. The molecule has 1 aromatic heterocycles. The Morgan fingerprint density at radius 1 is 1.17 bits per heavy atom. The molecule has 1 heterocycles. The molecular formula is C18H19ClN4O. The predicted octanol–water partition coefficient (Wildman–Crippen LogP) is 4.74. The Kier molecular flexibility index (Phi) is 4.71. The van der Waals surface area contributed by atoms with Crippen LogP contribution in [0.25, 0.3) is 11.0 Å². The molecule has 0 spiro atoms. The first-order valence-electron chi connectivity index (χ1n) is 7.80. The Hall–Kier alpha value is -2.53. The molecule has 0 aliphatic carbocycles. The van der Waals surface area contributed by atoms with Crippen molar-refractivity contribution in [3.05, 3.63) is 59.4 Å². The van der Waals surface area contributed by atoms with E-state index < -0.39 is 0 Å². The topological polar surface area (TPSA) is 69.8 Å². The summed E-state index contributed by atoms with van der Waals surface area (Å²) in [4.78, 5) is 20.2. The van der Waals surface area contributed by atoms with Crippen LogP contribution in [0.4, 0.5) is 10.5 Å². The summed E-state index contributed by atoms with van der Waals surface area (Å²) in [6, 6.07) is 14.3. The van der Waals surface area contributed by atoms with E-state index in [4.69, 9.17) is 11.6 Å². The van der Waals surface area contributed by atoms with Crippen molar-refractivity contribution in [2.45, 2.75) is 19.9 Å². The van der Waals surface area contributed by atoms with Crippen molar-refractivity contribution in [3.8, 4) is 0 Å². The molecular weight excluding hydrogens is 324 g/mol. The number of anilines is 1. The molecule has 2 amide bonds. The summed E-state index contributed by atoms with van der Waals surface area (Å²) in [5.74, 6) is 0.920. The van der Waals surface area contributed by atoms with Crippen molar-refractivity contribution in [1.29, 1.82) is 0 Å². The number of carbonyl (C=O) groups excluding carboxylic acids is 1. The summed E-state index contributed by atoms with van der Waals surface area (Å²) in [7, 11) is 0. The number of halogens is 1. The number of aromatic nitrogens is 2. The largest absolute Gasteiger partial charge is 0.340 e. The second-order valence-electron chi connectivity index (χ2n) is 5.97. The van der Waals surface area contributed by atoms with Crippen molar-refractivity contribution in [3.63, 3.8) is 0 Å². The van der Waals surface area contributed by atoms with Crippen LogP contribution in [0.1, 0.15) is 25.7 Å². The molecule has 0 fully saturated rings. The number of urea groups is 1. The fraction of sp³-hybridized carbons (Fsp3) is 0.222. The molecule has 5 nitrogen and oxygen atoms in total. The zero-order chi connectivity index (χ0) is 17.1. The van der Waals surface area contributed by atoms with E-state index >= 15 is 0 Å². The van der Waals surface area contributed by atoms with Gasteiger partial charge in [-0.2, -0.15) is 0 Å². The summed E-state index contributed by atoms with van der Waals surface area (Å²) >= 11 is 5.94. The second-order valence-corrected chi connectivity index (χ2v) is 6.41. The van der Waals surface area contributed by atoms with E-state index in [0.29, 0.717) is 10.7 Å². The highest BCUT2D eigenvalue weighted by atomic mass is 35.5. The van der Waals surface area contributed by atoms with Crippen LogP contribution in [0.5, 0.6) is 0 Å². The summed E-state index contributed by atoms with van der Waals surface area (Å²) < 4.78 is 0. The molecule has 24 heavy (non-hydrogen) atoms. The Morgan fingerprint density at radius 2 is 1.96 bits per heavy atom. The highest BCUT2D eigenvalue weighted by Crippen LogP contribution is 2.22. The molecule has 3 aromatic rings. The predicted molar refractivity (Wildman–Crippen MR) is 97.3 cm³/mol. The molecule has 6 heteroatoms. The number of para-hydroxylation sites is 2. The van der Waals surface area contributed by atoms with E-state index in [9.17, 15) is 4.79 Å². The van der Waals surface area contributed by atoms with Gasteiger partial charge in [0.15, 0.2) is 0 Å². The van der Waals surface area contributed by atoms with Crippen molar-refractivity contribution in [2.75, 3.05) is 5.32 Å². The van der Waals surface area contributed by atoms with E-state index in [-0.39, 0.29) is 18.0 Å². The lowest BCUT2D eigenvalue weighted by Gasteiger charge is -2.20. The van der Waals surface area contributed by atoms with E-state index in [1.54, 1.807) is 24.3 Å². The van der Waals surface area contributed by atoms with Gasteiger partial charge in [-0.25, -0.2) is 9.78 Å². The fourth-order valence-corrected chi connectivity index (χ4v) is 2.74. The van der Waals surface area contributed by atoms with Gasteiger partial charge in [0, 0.05) is 10.7 Å². The molecule has 3 N–H and O–H groups in total. The van der Waals surface area contributed by atoms with Gasteiger partial charge in [0.2, 0.25) is 0 Å². The van der Waals surface area contributed by atoms with Crippen LogP contribution in [0.2, 0.25) is 5.02 Å². The molecule has 0 unspecified atom stereocenters. The van der Waals surface area contributed by atoms with E-state index in [2.05, 4.69) is 20.6 Å². The number of aromatic amines is 1. The third-order valence-corrected chi connectivity index (χ3v) is 3.97. The van der Waals surface area contributed by atoms with E-state index in [1.807, 2.05) is 38.1 Å². The van der Waals surface area contributed by atoms with Gasteiger partial charge in [-0.3, -0.25) is 0 Å². The number of hydrogen-bond acceptors (Lipinski definition) is 2. The van der Waals surface area contributed by atoms with Crippen molar-refractivity contribution in [2.24, 2.45) is 5.92 Å². The van der Waals surface area contributed by atoms with E-state index in [1.165, 1.54) is 0 Å². The van der Waals surface area contributed by atoms with Gasteiger partial charge >= 0.3 is 6.03 Å². The van der Waals surface area contributed by atoms with Crippen LogP contribution in [0.15, 0.2) is 48.5 Å². The SMILES string of the molecule is CC(C)[C@H](NC(=O)Nc1cccc(Cl)c1)c1nc2ccccc2[nH]1. The van der Waals surface area contributed by atoms with Gasteiger partial charge in [-0.1, -0.05) is 43.6 Å². The molecule has 0 bridgehead atoms. The number of H-pyrrole nitrogens is 1. The maximum Gasteiger partial charge on any atom is 0.319 e. The van der Waals surface area contributed by atoms with Crippen LogP contribution >= 0.6 is 11.6 Å². The van der Waals surface area contributed by atoms with Crippen LogP contribution < -0.4 is 10.6 Å². The fourth-order valence-electron chi connectivity index (χ4n) is 2.55. The van der Waals surface area contributed by atoms with Crippen LogP contribution in [0, 0.1) is 5.92 Å². The molecule has 0 radical (unpaired) electrons. The van der Waals surface area contributed by atoms with E-state index in [0.717, 1.165) is 16.9 Å². The smallest absolute Gasteiger partial charge is 0.319 e. The zero-order valence-corrected chi connectivity index (χ0v) is 14.3. The highest BCUT2D eigenvalue weighted by molar-refractivity contribution is 6.30. The third kappa shape index (κ3) is 3.68. The molecule has 0 aliphatic rings. The zero-order valence-electron chi connectivity index (χ0n) is 13.5. The molecule has 1 atom stereocenters. The summed E-state index contributed by atoms with van der Waals surface area (Å²) in [5, 5.41) is 6.34. The van der Waals surface area contributed by atoms with Gasteiger partial charge in [0.25, 0.3) is 0 Å². The lowest BCUT2D eigenvalue weighted by atomic mass is 10.0. The number of nitrogens with one attached hydrogen (secondary N) is 3.